The lowest BCUT2D eigenvalue weighted by molar-refractivity contribution is 0.0179. The van der Waals surface area contributed by atoms with E-state index in [2.05, 4.69) is 9.72 Å². The minimum Gasteiger partial charge on any atom is -0.468 e. The van der Waals surface area contributed by atoms with E-state index in [0.29, 0.717) is 44.8 Å². The summed E-state index contributed by atoms with van der Waals surface area (Å²) in [6.45, 7) is 2.78. The lowest BCUT2D eigenvalue weighted by Gasteiger charge is -2.05. The number of nitrogens with zero attached hydrogens (tertiary/aromatic N) is 1. The van der Waals surface area contributed by atoms with Crippen LogP contribution in [0.2, 0.25) is 5.15 Å². The molecule has 0 saturated heterocycles. The summed E-state index contributed by atoms with van der Waals surface area (Å²) in [6, 6.07) is 0. The minimum atomic E-state index is -0.531. The molecule has 0 N–H and O–H groups in total. The van der Waals surface area contributed by atoms with E-state index < -0.39 is 5.97 Å². The predicted octanol–water partition coefficient (Wildman–Crippen LogP) is 1.64. The SMILES string of the molecule is COCCOCCOCCOc1nc(Cl)c(C(=O)OC)s1. The average molecular weight is 340 g/mol. The van der Waals surface area contributed by atoms with Crippen LogP contribution >= 0.6 is 22.9 Å². The van der Waals surface area contributed by atoms with E-state index in [9.17, 15) is 4.79 Å². The lowest BCUT2D eigenvalue weighted by atomic mass is 10.6. The highest BCUT2D eigenvalue weighted by atomic mass is 35.5. The fourth-order valence-electron chi connectivity index (χ4n) is 1.22. The summed E-state index contributed by atoms with van der Waals surface area (Å²) in [4.78, 5) is 15.5. The summed E-state index contributed by atoms with van der Waals surface area (Å²) in [5, 5.41) is 0.384. The van der Waals surface area contributed by atoms with Crippen molar-refractivity contribution in [3.8, 4) is 5.19 Å². The van der Waals surface area contributed by atoms with Crippen molar-refractivity contribution in [2.24, 2.45) is 0 Å². The first-order chi connectivity index (χ1) is 10.2. The second kappa shape index (κ2) is 10.7. The molecule has 0 spiro atoms. The molecular formula is C12H18ClNO6S. The third-order valence-electron chi connectivity index (χ3n) is 2.19. The van der Waals surface area contributed by atoms with Gasteiger partial charge in [0, 0.05) is 7.11 Å². The normalized spacial score (nSPS) is 10.6. The van der Waals surface area contributed by atoms with Crippen LogP contribution in [0.25, 0.3) is 0 Å². The number of hydrogen-bond donors (Lipinski definition) is 0. The van der Waals surface area contributed by atoms with Gasteiger partial charge in [0.1, 0.15) is 6.61 Å². The molecule has 0 aliphatic carbocycles. The molecule has 0 fully saturated rings. The Kier molecular flexibility index (Phi) is 9.27. The molecule has 1 heterocycles. The van der Waals surface area contributed by atoms with Crippen LogP contribution in [-0.2, 0) is 18.9 Å². The van der Waals surface area contributed by atoms with Crippen molar-refractivity contribution in [3.05, 3.63) is 10.0 Å². The monoisotopic (exact) mass is 339 g/mol. The molecule has 0 saturated carbocycles. The molecule has 0 atom stereocenters. The Bertz CT molecular complexity index is 428. The fourth-order valence-corrected chi connectivity index (χ4v) is 2.29. The molecule has 1 rings (SSSR count). The van der Waals surface area contributed by atoms with Crippen LogP contribution in [0.4, 0.5) is 0 Å². The van der Waals surface area contributed by atoms with E-state index in [4.69, 9.17) is 30.5 Å². The van der Waals surface area contributed by atoms with Crippen molar-refractivity contribution in [3.63, 3.8) is 0 Å². The number of carbonyl (C=O) groups is 1. The second-order valence-electron chi connectivity index (χ2n) is 3.66. The number of methoxy groups -OCH3 is 2. The molecule has 0 aliphatic heterocycles. The van der Waals surface area contributed by atoms with Crippen molar-refractivity contribution < 1.29 is 28.5 Å². The van der Waals surface area contributed by atoms with Crippen molar-refractivity contribution >= 4 is 28.9 Å². The van der Waals surface area contributed by atoms with Gasteiger partial charge in [0.05, 0.1) is 40.1 Å². The highest BCUT2D eigenvalue weighted by Crippen LogP contribution is 2.29. The summed E-state index contributed by atoms with van der Waals surface area (Å²) in [5.74, 6) is -0.531. The summed E-state index contributed by atoms with van der Waals surface area (Å²) in [6.07, 6.45) is 0. The average Bonchev–Trinajstić information content (AvgIpc) is 2.85. The lowest BCUT2D eigenvalue weighted by Crippen LogP contribution is -2.12. The fraction of sp³-hybridized carbons (Fsp3) is 0.667. The minimum absolute atomic E-state index is 0.0781. The Balaban J connectivity index is 2.12. The molecule has 7 nitrogen and oxygen atoms in total. The topological polar surface area (TPSA) is 76.1 Å². The molecule has 0 unspecified atom stereocenters. The number of ether oxygens (including phenoxy) is 5. The Hall–Kier alpha value is -0.930. The van der Waals surface area contributed by atoms with Crippen LogP contribution in [0.5, 0.6) is 5.19 Å². The molecule has 120 valence electrons. The number of aromatic nitrogens is 1. The zero-order valence-electron chi connectivity index (χ0n) is 11.9. The number of carbonyl (C=O) groups excluding carboxylic acids is 1. The first-order valence-electron chi connectivity index (χ1n) is 6.21. The molecule has 0 aromatic carbocycles. The van der Waals surface area contributed by atoms with Gasteiger partial charge in [-0.3, -0.25) is 0 Å². The van der Waals surface area contributed by atoms with Gasteiger partial charge in [0.25, 0.3) is 5.19 Å². The molecule has 21 heavy (non-hydrogen) atoms. The Morgan fingerprint density at radius 2 is 1.71 bits per heavy atom. The molecule has 9 heteroatoms. The molecule has 0 aliphatic rings. The third-order valence-corrected chi connectivity index (χ3v) is 3.53. The van der Waals surface area contributed by atoms with Crippen LogP contribution in [0.1, 0.15) is 9.67 Å². The number of thiazole rings is 1. The first kappa shape index (κ1) is 18.1. The van der Waals surface area contributed by atoms with E-state index in [1.165, 1.54) is 7.11 Å². The zero-order valence-corrected chi connectivity index (χ0v) is 13.5. The maximum Gasteiger partial charge on any atom is 0.351 e. The highest BCUT2D eigenvalue weighted by Gasteiger charge is 2.17. The van der Waals surface area contributed by atoms with Crippen LogP contribution in [0, 0.1) is 0 Å². The van der Waals surface area contributed by atoms with Crippen molar-refractivity contribution in [1.29, 1.82) is 0 Å². The molecular weight excluding hydrogens is 322 g/mol. The number of esters is 1. The Morgan fingerprint density at radius 3 is 2.33 bits per heavy atom. The Labute approximate surface area is 132 Å². The van der Waals surface area contributed by atoms with Gasteiger partial charge in [-0.05, 0) is 0 Å². The highest BCUT2D eigenvalue weighted by molar-refractivity contribution is 7.15. The van der Waals surface area contributed by atoms with Crippen molar-refractivity contribution in [2.45, 2.75) is 0 Å². The van der Waals surface area contributed by atoms with Gasteiger partial charge in [0.15, 0.2) is 10.0 Å². The van der Waals surface area contributed by atoms with Gasteiger partial charge < -0.3 is 23.7 Å². The summed E-state index contributed by atoms with van der Waals surface area (Å²) in [5.41, 5.74) is 0. The van der Waals surface area contributed by atoms with Gasteiger partial charge in [-0.15, -0.1) is 0 Å². The Morgan fingerprint density at radius 1 is 1.10 bits per heavy atom. The number of rotatable bonds is 11. The largest absolute Gasteiger partial charge is 0.468 e. The van der Waals surface area contributed by atoms with E-state index >= 15 is 0 Å². The third kappa shape index (κ3) is 7.05. The second-order valence-corrected chi connectivity index (χ2v) is 4.98. The van der Waals surface area contributed by atoms with Gasteiger partial charge in [0.2, 0.25) is 0 Å². The van der Waals surface area contributed by atoms with E-state index in [0.717, 1.165) is 11.3 Å². The van der Waals surface area contributed by atoms with Gasteiger partial charge in [-0.2, -0.15) is 4.98 Å². The summed E-state index contributed by atoms with van der Waals surface area (Å²) >= 11 is 6.84. The van der Waals surface area contributed by atoms with Gasteiger partial charge in [-0.25, -0.2) is 4.79 Å². The zero-order chi connectivity index (χ0) is 15.5. The maximum atomic E-state index is 11.3. The van der Waals surface area contributed by atoms with Crippen molar-refractivity contribution in [1.82, 2.24) is 4.98 Å². The van der Waals surface area contributed by atoms with Crippen LogP contribution in [0.15, 0.2) is 0 Å². The number of hydrogen-bond acceptors (Lipinski definition) is 8. The maximum absolute atomic E-state index is 11.3. The quantitative estimate of drug-likeness (QED) is 0.448. The summed E-state index contributed by atoms with van der Waals surface area (Å²) in [7, 11) is 2.90. The van der Waals surface area contributed by atoms with Crippen LogP contribution in [0.3, 0.4) is 0 Å². The smallest absolute Gasteiger partial charge is 0.351 e. The van der Waals surface area contributed by atoms with Crippen LogP contribution < -0.4 is 4.74 Å². The van der Waals surface area contributed by atoms with Gasteiger partial charge in [-0.1, -0.05) is 22.9 Å². The predicted molar refractivity (Wildman–Crippen MR) is 77.5 cm³/mol. The van der Waals surface area contributed by atoms with E-state index in [1.54, 1.807) is 7.11 Å². The molecule has 0 radical (unpaired) electrons. The standard InChI is InChI=1S/C12H18ClNO6S/c1-16-3-4-18-5-6-19-7-8-20-12-14-10(13)9(21-12)11(15)17-2/h3-8H2,1-2H3. The molecule has 1 aromatic rings. The van der Waals surface area contributed by atoms with Gasteiger partial charge >= 0.3 is 5.97 Å². The first-order valence-corrected chi connectivity index (χ1v) is 7.40. The molecule has 1 aromatic heterocycles. The van der Waals surface area contributed by atoms with Crippen molar-refractivity contribution in [2.75, 3.05) is 53.9 Å². The number of halogens is 1. The molecule has 0 bridgehead atoms. The van der Waals surface area contributed by atoms with E-state index in [-0.39, 0.29) is 10.0 Å². The van der Waals surface area contributed by atoms with E-state index in [1.807, 2.05) is 0 Å². The molecule has 0 amide bonds. The van der Waals surface area contributed by atoms with Crippen LogP contribution in [-0.4, -0.2) is 64.8 Å². The summed E-state index contributed by atoms with van der Waals surface area (Å²) < 4.78 is 25.3.